The molecule has 0 radical (unpaired) electrons. The molecule has 4 aliphatic rings. The molecule has 0 spiro atoms. The van der Waals surface area contributed by atoms with E-state index in [-0.39, 0.29) is 10.8 Å². The number of nitrogens with one attached hydrogen (secondary N) is 3. The Morgan fingerprint density at radius 2 is 1.79 bits per heavy atom. The number of piperidine rings is 1. The van der Waals surface area contributed by atoms with Crippen LogP contribution in [-0.4, -0.2) is 65.4 Å². The summed E-state index contributed by atoms with van der Waals surface area (Å²) in [5, 5.41) is 10.5. The SMILES string of the molecule is C=O.CC1=CN[C@@]2(C)C=CC(S(=O)N3CCCCC3)CC12.CCc1c(C)ccc(NC2CNC2)c1C.CN. The highest BCUT2D eigenvalue weighted by Gasteiger charge is 2.42. The maximum atomic E-state index is 12.7. The number of benzene rings is 1. The molecule has 38 heavy (non-hydrogen) atoms. The minimum Gasteiger partial charge on any atom is -0.382 e. The number of nitrogens with zero attached hydrogens (tertiary/aromatic N) is 1. The van der Waals surface area contributed by atoms with E-state index in [0.29, 0.717) is 12.0 Å². The van der Waals surface area contributed by atoms with Crippen LogP contribution in [0.5, 0.6) is 0 Å². The molecule has 0 bridgehead atoms. The van der Waals surface area contributed by atoms with Crippen molar-refractivity contribution in [3.8, 4) is 0 Å². The van der Waals surface area contributed by atoms with Crippen LogP contribution in [0.1, 0.15) is 63.1 Å². The maximum Gasteiger partial charge on any atom is 0.106 e. The zero-order valence-corrected chi connectivity index (χ0v) is 25.3. The van der Waals surface area contributed by atoms with Gasteiger partial charge in [-0.25, -0.2) is 8.51 Å². The zero-order valence-electron chi connectivity index (χ0n) is 24.4. The van der Waals surface area contributed by atoms with E-state index in [1.165, 1.54) is 54.3 Å². The molecular weight excluding hydrogens is 494 g/mol. The number of fused-ring (bicyclic) bond motifs is 1. The van der Waals surface area contributed by atoms with Gasteiger partial charge in [0.2, 0.25) is 0 Å². The van der Waals surface area contributed by atoms with Crippen molar-refractivity contribution in [1.29, 1.82) is 0 Å². The van der Waals surface area contributed by atoms with Crippen molar-refractivity contribution in [2.45, 2.75) is 83.6 Å². The highest BCUT2D eigenvalue weighted by molar-refractivity contribution is 7.83. The van der Waals surface area contributed by atoms with Gasteiger partial charge in [-0.1, -0.05) is 37.1 Å². The Hall–Kier alpha value is -2.00. The average Bonchev–Trinajstić information content (AvgIpc) is 3.24. The van der Waals surface area contributed by atoms with E-state index in [1.54, 1.807) is 0 Å². The highest BCUT2D eigenvalue weighted by atomic mass is 32.2. The number of nitrogens with two attached hydrogens (primary N) is 1. The van der Waals surface area contributed by atoms with E-state index < -0.39 is 11.0 Å². The maximum absolute atomic E-state index is 12.7. The predicted octanol–water partition coefficient (Wildman–Crippen LogP) is 3.99. The molecule has 4 atom stereocenters. The van der Waals surface area contributed by atoms with Gasteiger partial charge in [0.15, 0.2) is 0 Å². The molecule has 0 saturated carbocycles. The summed E-state index contributed by atoms with van der Waals surface area (Å²) in [6.07, 6.45) is 12.4. The quantitative estimate of drug-likeness (QED) is 0.418. The van der Waals surface area contributed by atoms with Gasteiger partial charge in [-0.05, 0) is 89.4 Å². The van der Waals surface area contributed by atoms with Crippen LogP contribution in [0.4, 0.5) is 5.69 Å². The number of anilines is 1. The third-order valence-corrected chi connectivity index (χ3v) is 9.91. The van der Waals surface area contributed by atoms with E-state index in [9.17, 15) is 4.21 Å². The van der Waals surface area contributed by atoms with E-state index in [2.05, 4.69) is 91.1 Å². The molecule has 1 aromatic rings. The third kappa shape index (κ3) is 7.78. The Bertz CT molecular complexity index is 972. The third-order valence-electron chi connectivity index (χ3n) is 8.17. The van der Waals surface area contributed by atoms with Gasteiger partial charge in [0.25, 0.3) is 0 Å². The fraction of sp³-hybridized carbons (Fsp3) is 0.633. The Labute approximate surface area is 233 Å². The topological polar surface area (TPSA) is 99.5 Å². The van der Waals surface area contributed by atoms with Crippen LogP contribution in [0.3, 0.4) is 0 Å². The van der Waals surface area contributed by atoms with Gasteiger partial charge in [0, 0.05) is 37.8 Å². The molecular formula is C30H51N5O2S. The number of hydrogen-bond donors (Lipinski definition) is 4. The monoisotopic (exact) mass is 545 g/mol. The van der Waals surface area contributed by atoms with Crippen molar-refractivity contribution in [3.63, 3.8) is 0 Å². The number of carbonyl (C=O) groups excluding carboxylic acids is 1. The number of hydrogen-bond acceptors (Lipinski definition) is 6. The average molecular weight is 546 g/mol. The number of rotatable bonds is 5. The standard InChI is InChI=1S/C15H24N2OS.C13H20N2.CH5N.CH2O/c1-12-11-16-15(2)7-6-13(10-14(12)15)19(18)17-8-4-3-5-9-17;1-4-12-9(2)5-6-13(10(12)3)15-11-7-14-8-11;2*1-2/h6-7,11,13-14,16H,3-5,8-10H2,1-2H3;5-6,11,14-15H,4,7-8H2,1-3H3;2H2,1H3;1H2/t13?,14?,15-,19?;;;/m0.../s1. The van der Waals surface area contributed by atoms with Crippen molar-refractivity contribution < 1.29 is 9.00 Å². The van der Waals surface area contributed by atoms with Crippen LogP contribution in [0.15, 0.2) is 36.1 Å². The highest BCUT2D eigenvalue weighted by Crippen LogP contribution is 2.39. The predicted molar refractivity (Wildman–Crippen MR) is 163 cm³/mol. The summed E-state index contributed by atoms with van der Waals surface area (Å²) in [6, 6.07) is 5.05. The summed E-state index contributed by atoms with van der Waals surface area (Å²) >= 11 is 0. The number of carbonyl (C=O) groups is 1. The molecule has 3 unspecified atom stereocenters. The first-order chi connectivity index (χ1) is 18.3. The first-order valence-corrected chi connectivity index (χ1v) is 15.2. The normalized spacial score (nSPS) is 26.9. The minimum absolute atomic E-state index is 0.0483. The molecule has 3 aliphatic heterocycles. The number of aryl methyl sites for hydroxylation is 1. The second kappa shape index (κ2) is 15.6. The van der Waals surface area contributed by atoms with Crippen molar-refractivity contribution in [1.82, 2.24) is 14.9 Å². The zero-order chi connectivity index (χ0) is 28.3. The molecule has 8 heteroatoms. The molecule has 7 nitrogen and oxygen atoms in total. The molecule has 2 saturated heterocycles. The Morgan fingerprint density at radius 1 is 1.13 bits per heavy atom. The first kappa shape index (κ1) is 32.2. The van der Waals surface area contributed by atoms with Crippen LogP contribution >= 0.6 is 0 Å². The van der Waals surface area contributed by atoms with Crippen molar-refractivity contribution >= 4 is 23.5 Å². The van der Waals surface area contributed by atoms with Crippen molar-refractivity contribution in [2.75, 3.05) is 38.5 Å². The van der Waals surface area contributed by atoms with Gasteiger partial charge in [0.1, 0.15) is 17.8 Å². The lowest BCUT2D eigenvalue weighted by Gasteiger charge is -2.38. The molecule has 0 amide bonds. The second-order valence-electron chi connectivity index (χ2n) is 10.7. The first-order valence-electron chi connectivity index (χ1n) is 14.0. The van der Waals surface area contributed by atoms with Gasteiger partial charge in [-0.15, -0.1) is 0 Å². The molecule has 2 fully saturated rings. The Morgan fingerprint density at radius 3 is 2.37 bits per heavy atom. The Balaban J connectivity index is 0.000000241. The molecule has 5 N–H and O–H groups in total. The molecule has 0 aromatic heterocycles. The van der Waals surface area contributed by atoms with Crippen LogP contribution < -0.4 is 21.7 Å². The Kier molecular flexibility index (Phi) is 13.2. The lowest BCUT2D eigenvalue weighted by molar-refractivity contribution is -0.0980. The van der Waals surface area contributed by atoms with Gasteiger partial charge in [0.05, 0.1) is 16.8 Å². The smallest absolute Gasteiger partial charge is 0.106 e. The van der Waals surface area contributed by atoms with E-state index in [0.717, 1.165) is 39.0 Å². The molecule has 3 heterocycles. The summed E-state index contributed by atoms with van der Waals surface area (Å²) in [7, 11) is 0.656. The summed E-state index contributed by atoms with van der Waals surface area (Å²) in [6.45, 7) is 17.3. The second-order valence-corrected chi connectivity index (χ2v) is 12.3. The summed E-state index contributed by atoms with van der Waals surface area (Å²) in [4.78, 5) is 8.00. The molecule has 1 aromatic carbocycles. The van der Waals surface area contributed by atoms with Crippen LogP contribution in [0, 0.1) is 19.8 Å². The van der Waals surface area contributed by atoms with E-state index in [4.69, 9.17) is 4.79 Å². The van der Waals surface area contributed by atoms with Crippen LogP contribution in [-0.2, 0) is 22.2 Å². The molecule has 1 aliphatic carbocycles. The van der Waals surface area contributed by atoms with Crippen LogP contribution in [0.2, 0.25) is 0 Å². The van der Waals surface area contributed by atoms with E-state index >= 15 is 0 Å². The minimum atomic E-state index is -0.844. The summed E-state index contributed by atoms with van der Waals surface area (Å²) < 4.78 is 14.9. The largest absolute Gasteiger partial charge is 0.382 e. The molecule has 5 rings (SSSR count). The van der Waals surface area contributed by atoms with Gasteiger partial charge < -0.3 is 26.5 Å². The van der Waals surface area contributed by atoms with Crippen molar-refractivity contribution in [3.05, 3.63) is 52.7 Å². The fourth-order valence-electron chi connectivity index (χ4n) is 5.75. The van der Waals surface area contributed by atoms with Gasteiger partial charge >= 0.3 is 0 Å². The van der Waals surface area contributed by atoms with Crippen LogP contribution in [0.25, 0.3) is 0 Å². The lowest BCUT2D eigenvalue weighted by Crippen LogP contribution is -2.51. The van der Waals surface area contributed by atoms with Gasteiger partial charge in [-0.2, -0.15) is 0 Å². The lowest BCUT2D eigenvalue weighted by atomic mass is 9.77. The molecule has 214 valence electrons. The van der Waals surface area contributed by atoms with Gasteiger partial charge in [-0.3, -0.25) is 0 Å². The van der Waals surface area contributed by atoms with E-state index in [1.807, 2.05) is 6.79 Å². The fourth-order valence-corrected chi connectivity index (χ4v) is 7.32. The van der Waals surface area contributed by atoms with Crippen molar-refractivity contribution in [2.24, 2.45) is 11.7 Å². The summed E-state index contributed by atoms with van der Waals surface area (Å²) in [5.41, 5.74) is 11.6. The summed E-state index contributed by atoms with van der Waals surface area (Å²) in [5.74, 6) is 0.497.